The predicted molar refractivity (Wildman–Crippen MR) is 259 cm³/mol. The van der Waals surface area contributed by atoms with Crippen LogP contribution in [0, 0.1) is 0 Å². The average molecular weight is 844 g/mol. The van der Waals surface area contributed by atoms with Crippen molar-refractivity contribution in [2.24, 2.45) is 0 Å². The SMILES string of the molecule is CCCCC/C=C\C/C=C\C/C=C\CCCCCCC(=O)OC(CCCCCCCCCCCCCCC)CC(=O)NC(CO)C(O)CCCCCCCCCCCCC. The van der Waals surface area contributed by atoms with Crippen molar-refractivity contribution in [3.8, 4) is 0 Å². The lowest BCUT2D eigenvalue weighted by atomic mass is 10.0. The second-order valence-corrected chi connectivity index (χ2v) is 17.9. The molecule has 0 aliphatic heterocycles. The minimum atomic E-state index is -0.788. The molecule has 0 bridgehead atoms. The van der Waals surface area contributed by atoms with E-state index in [0.717, 1.165) is 77.0 Å². The van der Waals surface area contributed by atoms with Gasteiger partial charge in [-0.3, -0.25) is 9.59 Å². The first-order valence-corrected chi connectivity index (χ1v) is 26.2. The lowest BCUT2D eigenvalue weighted by Crippen LogP contribution is -2.46. The molecule has 60 heavy (non-hydrogen) atoms. The molecular weight excluding hydrogens is 743 g/mol. The van der Waals surface area contributed by atoms with Gasteiger partial charge in [0.25, 0.3) is 0 Å². The Kier molecular flexibility index (Phi) is 46.6. The van der Waals surface area contributed by atoms with Gasteiger partial charge < -0.3 is 20.3 Å². The van der Waals surface area contributed by atoms with Crippen LogP contribution in [0.1, 0.15) is 271 Å². The molecule has 0 heterocycles. The van der Waals surface area contributed by atoms with Crippen molar-refractivity contribution >= 4 is 11.9 Å². The monoisotopic (exact) mass is 844 g/mol. The molecule has 0 aromatic heterocycles. The summed E-state index contributed by atoms with van der Waals surface area (Å²) in [7, 11) is 0. The summed E-state index contributed by atoms with van der Waals surface area (Å²) >= 11 is 0. The number of rotatable bonds is 47. The summed E-state index contributed by atoms with van der Waals surface area (Å²) in [4.78, 5) is 26.1. The van der Waals surface area contributed by atoms with E-state index in [9.17, 15) is 19.8 Å². The van der Waals surface area contributed by atoms with E-state index < -0.39 is 18.2 Å². The van der Waals surface area contributed by atoms with Crippen LogP contribution in [0.4, 0.5) is 0 Å². The number of allylic oxidation sites excluding steroid dienone is 6. The number of aliphatic hydroxyl groups excluding tert-OH is 2. The van der Waals surface area contributed by atoms with Crippen LogP contribution in [0.5, 0.6) is 0 Å². The standard InChI is InChI=1S/C54H101NO5/c1-4-7-10-13-16-19-22-24-25-26-27-29-32-35-38-41-44-47-54(59)60-50(45-42-39-36-33-31-28-23-20-17-14-11-8-5-2)48-53(58)55-51(49-56)52(57)46-43-40-37-34-30-21-18-15-12-9-6-3/h16,19,24-25,27,29,50-52,56-57H,4-15,17-18,20-23,26,28,30-49H2,1-3H3,(H,55,58)/b19-16-,25-24-,29-27-. The molecule has 3 unspecified atom stereocenters. The van der Waals surface area contributed by atoms with Gasteiger partial charge in [0, 0.05) is 6.42 Å². The summed E-state index contributed by atoms with van der Waals surface area (Å²) in [6, 6.07) is -0.702. The zero-order valence-electron chi connectivity index (χ0n) is 40.1. The number of ether oxygens (including phenoxy) is 1. The largest absolute Gasteiger partial charge is 0.462 e. The van der Waals surface area contributed by atoms with E-state index in [1.54, 1.807) is 0 Å². The highest BCUT2D eigenvalue weighted by molar-refractivity contribution is 5.77. The number of nitrogens with one attached hydrogen (secondary N) is 1. The summed E-state index contributed by atoms with van der Waals surface area (Å²) in [5.41, 5.74) is 0. The number of hydrogen-bond acceptors (Lipinski definition) is 5. The minimum absolute atomic E-state index is 0.0724. The molecule has 0 rings (SSSR count). The van der Waals surface area contributed by atoms with Gasteiger partial charge in [-0.1, -0.05) is 231 Å². The summed E-state index contributed by atoms with van der Waals surface area (Å²) in [5, 5.41) is 23.7. The van der Waals surface area contributed by atoms with E-state index in [4.69, 9.17) is 4.74 Å². The summed E-state index contributed by atoms with van der Waals surface area (Å²) in [6.07, 6.45) is 56.3. The van der Waals surface area contributed by atoms with E-state index in [2.05, 4.69) is 62.5 Å². The van der Waals surface area contributed by atoms with Crippen LogP contribution < -0.4 is 5.32 Å². The van der Waals surface area contributed by atoms with E-state index in [-0.39, 0.29) is 24.9 Å². The van der Waals surface area contributed by atoms with E-state index in [0.29, 0.717) is 19.3 Å². The van der Waals surface area contributed by atoms with Gasteiger partial charge in [0.15, 0.2) is 0 Å². The molecule has 0 aromatic carbocycles. The zero-order valence-corrected chi connectivity index (χ0v) is 40.1. The topological polar surface area (TPSA) is 95.9 Å². The van der Waals surface area contributed by atoms with Crippen molar-refractivity contribution in [2.45, 2.75) is 289 Å². The first-order chi connectivity index (χ1) is 29.5. The molecule has 0 aromatic rings. The molecule has 0 aliphatic rings. The van der Waals surface area contributed by atoms with Gasteiger partial charge in [-0.05, 0) is 64.2 Å². The van der Waals surface area contributed by atoms with Gasteiger partial charge in [-0.15, -0.1) is 0 Å². The molecule has 0 fully saturated rings. The Hall–Kier alpha value is -1.92. The molecule has 352 valence electrons. The van der Waals surface area contributed by atoms with Gasteiger partial charge in [0.2, 0.25) is 5.91 Å². The van der Waals surface area contributed by atoms with Crippen LogP contribution in [0.15, 0.2) is 36.5 Å². The Morgan fingerprint density at radius 2 is 0.850 bits per heavy atom. The predicted octanol–water partition coefficient (Wildman–Crippen LogP) is 15.7. The second-order valence-electron chi connectivity index (χ2n) is 17.9. The molecule has 1 amide bonds. The molecular formula is C54H101NO5. The zero-order chi connectivity index (χ0) is 43.8. The number of unbranched alkanes of at least 4 members (excludes halogenated alkanes) is 29. The van der Waals surface area contributed by atoms with Crippen molar-refractivity contribution in [1.29, 1.82) is 0 Å². The van der Waals surface area contributed by atoms with Gasteiger partial charge in [-0.25, -0.2) is 0 Å². The lowest BCUT2D eigenvalue weighted by molar-refractivity contribution is -0.151. The number of aliphatic hydroxyl groups is 2. The van der Waals surface area contributed by atoms with Gasteiger partial charge >= 0.3 is 5.97 Å². The first-order valence-electron chi connectivity index (χ1n) is 26.2. The summed E-state index contributed by atoms with van der Waals surface area (Å²) in [6.45, 7) is 6.46. The van der Waals surface area contributed by atoms with Crippen LogP contribution in [0.25, 0.3) is 0 Å². The Morgan fingerprint density at radius 1 is 0.483 bits per heavy atom. The van der Waals surface area contributed by atoms with Gasteiger partial charge in [0.05, 0.1) is 25.2 Å². The van der Waals surface area contributed by atoms with Crippen molar-refractivity contribution in [3.63, 3.8) is 0 Å². The van der Waals surface area contributed by atoms with E-state index >= 15 is 0 Å². The Balaban J connectivity index is 4.58. The Labute approximate surface area is 373 Å². The molecule has 0 saturated heterocycles. The summed E-state index contributed by atoms with van der Waals surface area (Å²) in [5.74, 6) is -0.488. The molecule has 3 atom stereocenters. The van der Waals surface area contributed by atoms with E-state index in [1.165, 1.54) is 148 Å². The van der Waals surface area contributed by atoms with Crippen LogP contribution in [-0.4, -0.2) is 46.9 Å². The maximum Gasteiger partial charge on any atom is 0.306 e. The van der Waals surface area contributed by atoms with Crippen molar-refractivity contribution in [3.05, 3.63) is 36.5 Å². The summed E-state index contributed by atoms with van der Waals surface area (Å²) < 4.78 is 5.93. The highest BCUT2D eigenvalue weighted by Crippen LogP contribution is 2.18. The fourth-order valence-corrected chi connectivity index (χ4v) is 7.97. The smallest absolute Gasteiger partial charge is 0.306 e. The van der Waals surface area contributed by atoms with E-state index in [1.807, 2.05) is 0 Å². The Bertz CT molecular complexity index is 993. The first kappa shape index (κ1) is 58.1. The molecule has 3 N–H and O–H groups in total. The van der Waals surface area contributed by atoms with Crippen LogP contribution >= 0.6 is 0 Å². The quantitative estimate of drug-likeness (QED) is 0.0322. The minimum Gasteiger partial charge on any atom is -0.462 e. The number of hydrogen-bond donors (Lipinski definition) is 3. The molecule has 0 spiro atoms. The third kappa shape index (κ3) is 42.8. The number of carbonyl (C=O) groups excluding carboxylic acids is 2. The van der Waals surface area contributed by atoms with Gasteiger partial charge in [0.1, 0.15) is 6.10 Å². The Morgan fingerprint density at radius 3 is 1.32 bits per heavy atom. The highest BCUT2D eigenvalue weighted by Gasteiger charge is 2.24. The number of esters is 1. The van der Waals surface area contributed by atoms with Crippen molar-refractivity contribution < 1.29 is 24.5 Å². The lowest BCUT2D eigenvalue weighted by Gasteiger charge is -2.24. The molecule has 0 aliphatic carbocycles. The molecule has 6 heteroatoms. The average Bonchev–Trinajstić information content (AvgIpc) is 3.24. The maximum atomic E-state index is 13.2. The van der Waals surface area contributed by atoms with Crippen molar-refractivity contribution in [1.82, 2.24) is 5.32 Å². The highest BCUT2D eigenvalue weighted by atomic mass is 16.5. The van der Waals surface area contributed by atoms with Crippen LogP contribution in [0.3, 0.4) is 0 Å². The fraction of sp³-hybridized carbons (Fsp3) is 0.852. The number of carbonyl (C=O) groups is 2. The third-order valence-electron chi connectivity index (χ3n) is 12.0. The molecule has 0 radical (unpaired) electrons. The van der Waals surface area contributed by atoms with Gasteiger partial charge in [-0.2, -0.15) is 0 Å². The molecule has 0 saturated carbocycles. The normalized spacial score (nSPS) is 13.5. The molecule has 6 nitrogen and oxygen atoms in total. The van der Waals surface area contributed by atoms with Crippen molar-refractivity contribution in [2.75, 3.05) is 6.61 Å². The number of amides is 1. The second kappa shape index (κ2) is 48.1. The third-order valence-corrected chi connectivity index (χ3v) is 12.0. The van der Waals surface area contributed by atoms with Crippen LogP contribution in [0.2, 0.25) is 0 Å². The maximum absolute atomic E-state index is 13.2. The fourth-order valence-electron chi connectivity index (χ4n) is 7.97. The van der Waals surface area contributed by atoms with Crippen LogP contribution in [-0.2, 0) is 14.3 Å².